The standard InChI is InChI=1S/C47H31NS/c1-3-14-32(15-4-1)33-26-28-36(29-27-33)48(35-17-5-2-6-18-35)44-24-13-16-34-30-43-46(31-39(34)44)49-45-25-12-11-23-42(45)47(43)40-21-9-7-19-37(40)38-20-8-10-22-41(38)47/h1-31H. The van der Waals surface area contributed by atoms with E-state index in [-0.39, 0.29) is 5.41 Å². The van der Waals surface area contributed by atoms with Gasteiger partial charge in [-0.3, -0.25) is 0 Å². The summed E-state index contributed by atoms with van der Waals surface area (Å²) >= 11 is 1.90. The van der Waals surface area contributed by atoms with E-state index in [1.807, 2.05) is 11.8 Å². The molecule has 0 bridgehead atoms. The van der Waals surface area contributed by atoms with Crippen molar-refractivity contribution in [2.24, 2.45) is 0 Å². The summed E-state index contributed by atoms with van der Waals surface area (Å²) in [6.07, 6.45) is 0. The predicted molar refractivity (Wildman–Crippen MR) is 205 cm³/mol. The van der Waals surface area contributed by atoms with Crippen molar-refractivity contribution in [2.45, 2.75) is 15.2 Å². The molecule has 0 saturated heterocycles. The second-order valence-electron chi connectivity index (χ2n) is 12.9. The first kappa shape index (κ1) is 28.2. The molecule has 10 rings (SSSR count). The van der Waals surface area contributed by atoms with Crippen LogP contribution < -0.4 is 4.90 Å². The second kappa shape index (κ2) is 11.1. The molecule has 2 aliphatic rings. The summed E-state index contributed by atoms with van der Waals surface area (Å²) in [6, 6.07) is 69.1. The Morgan fingerprint density at radius 3 is 1.67 bits per heavy atom. The molecule has 1 heterocycles. The topological polar surface area (TPSA) is 3.24 Å². The number of hydrogen-bond donors (Lipinski definition) is 0. The number of benzene rings is 8. The molecule has 230 valence electrons. The summed E-state index contributed by atoms with van der Waals surface area (Å²) in [6.45, 7) is 0. The van der Waals surface area contributed by atoms with Crippen LogP contribution in [0.3, 0.4) is 0 Å². The van der Waals surface area contributed by atoms with Gasteiger partial charge in [-0.2, -0.15) is 0 Å². The van der Waals surface area contributed by atoms with Crippen molar-refractivity contribution in [1.29, 1.82) is 0 Å². The number of nitrogens with zero attached hydrogens (tertiary/aromatic N) is 1. The molecular formula is C47H31NS. The van der Waals surface area contributed by atoms with Crippen LogP contribution in [-0.2, 0) is 5.41 Å². The lowest BCUT2D eigenvalue weighted by atomic mass is 9.67. The van der Waals surface area contributed by atoms with Gasteiger partial charge < -0.3 is 4.90 Å². The molecule has 49 heavy (non-hydrogen) atoms. The van der Waals surface area contributed by atoms with Gasteiger partial charge >= 0.3 is 0 Å². The van der Waals surface area contributed by atoms with E-state index in [1.54, 1.807) is 0 Å². The van der Waals surface area contributed by atoms with Crippen molar-refractivity contribution < 1.29 is 0 Å². The van der Waals surface area contributed by atoms with Gasteiger partial charge in [0.1, 0.15) is 0 Å². The Morgan fingerprint density at radius 1 is 0.388 bits per heavy atom. The minimum atomic E-state index is -0.388. The van der Waals surface area contributed by atoms with Crippen LogP contribution in [0.1, 0.15) is 22.3 Å². The van der Waals surface area contributed by atoms with Crippen LogP contribution >= 0.6 is 11.8 Å². The Labute approximate surface area is 291 Å². The van der Waals surface area contributed by atoms with Crippen molar-refractivity contribution in [3.8, 4) is 22.3 Å². The molecule has 8 aromatic carbocycles. The summed E-state index contributed by atoms with van der Waals surface area (Å²) in [5.74, 6) is 0. The zero-order chi connectivity index (χ0) is 32.4. The zero-order valence-corrected chi connectivity index (χ0v) is 27.6. The third-order valence-corrected chi connectivity index (χ3v) is 11.4. The molecule has 0 aromatic heterocycles. The van der Waals surface area contributed by atoms with Gasteiger partial charge in [0.15, 0.2) is 0 Å². The van der Waals surface area contributed by atoms with E-state index in [0.717, 1.165) is 11.4 Å². The van der Waals surface area contributed by atoms with Gasteiger partial charge in [-0.05, 0) is 98.4 Å². The van der Waals surface area contributed by atoms with E-state index in [0.29, 0.717) is 0 Å². The molecule has 0 amide bonds. The number of rotatable bonds is 4. The molecule has 1 nitrogen and oxygen atoms in total. The van der Waals surface area contributed by atoms with Crippen molar-refractivity contribution >= 4 is 39.6 Å². The fraction of sp³-hybridized carbons (Fsp3) is 0.0213. The highest BCUT2D eigenvalue weighted by Gasteiger charge is 2.50. The number of anilines is 3. The van der Waals surface area contributed by atoms with Crippen molar-refractivity contribution in [3.63, 3.8) is 0 Å². The monoisotopic (exact) mass is 641 g/mol. The molecule has 0 atom stereocenters. The maximum absolute atomic E-state index is 2.48. The molecule has 2 heteroatoms. The Bertz CT molecular complexity index is 2470. The lowest BCUT2D eigenvalue weighted by Gasteiger charge is -2.40. The van der Waals surface area contributed by atoms with Crippen LogP contribution in [0.15, 0.2) is 198 Å². The third kappa shape index (κ3) is 4.21. The lowest BCUT2D eigenvalue weighted by Crippen LogP contribution is -2.32. The second-order valence-corrected chi connectivity index (χ2v) is 14.0. The SMILES string of the molecule is c1ccc(-c2ccc(N(c3ccccc3)c3cccc4cc5c(cc34)Sc3ccccc3C53c4ccccc4-c4ccccc43)cc2)cc1. The first-order valence-electron chi connectivity index (χ1n) is 16.9. The Balaban J connectivity index is 1.21. The van der Waals surface area contributed by atoms with Gasteiger partial charge in [-0.1, -0.05) is 151 Å². The molecule has 0 unspecified atom stereocenters. The van der Waals surface area contributed by atoms with E-state index >= 15 is 0 Å². The zero-order valence-electron chi connectivity index (χ0n) is 26.8. The Morgan fingerprint density at radius 2 is 0.959 bits per heavy atom. The first-order valence-corrected chi connectivity index (χ1v) is 17.7. The van der Waals surface area contributed by atoms with Gasteiger partial charge in [0.2, 0.25) is 0 Å². The van der Waals surface area contributed by atoms with Crippen molar-refractivity contribution in [1.82, 2.24) is 0 Å². The molecule has 0 fully saturated rings. The fourth-order valence-electron chi connectivity index (χ4n) is 8.24. The molecule has 0 radical (unpaired) electrons. The smallest absolute Gasteiger partial charge is 0.0735 e. The summed E-state index contributed by atoms with van der Waals surface area (Å²) in [5, 5.41) is 2.47. The summed E-state index contributed by atoms with van der Waals surface area (Å²) < 4.78 is 0. The van der Waals surface area contributed by atoms with Crippen LogP contribution in [0, 0.1) is 0 Å². The molecule has 1 aliphatic carbocycles. The van der Waals surface area contributed by atoms with Crippen LogP contribution in [0.5, 0.6) is 0 Å². The summed E-state index contributed by atoms with van der Waals surface area (Å²) in [4.78, 5) is 5.02. The van der Waals surface area contributed by atoms with Crippen molar-refractivity contribution in [3.05, 3.63) is 210 Å². The highest BCUT2D eigenvalue weighted by molar-refractivity contribution is 7.99. The van der Waals surface area contributed by atoms with Crippen LogP contribution in [0.25, 0.3) is 33.0 Å². The van der Waals surface area contributed by atoms with Gasteiger partial charge in [-0.15, -0.1) is 0 Å². The number of hydrogen-bond acceptors (Lipinski definition) is 2. The Hall–Kier alpha value is -5.83. The predicted octanol–water partition coefficient (Wildman–Crippen LogP) is 12.8. The molecule has 1 aliphatic heterocycles. The van der Waals surface area contributed by atoms with E-state index < -0.39 is 0 Å². The van der Waals surface area contributed by atoms with Crippen molar-refractivity contribution in [2.75, 3.05) is 4.90 Å². The van der Waals surface area contributed by atoms with E-state index in [1.165, 1.54) is 70.8 Å². The normalized spacial score (nSPS) is 13.4. The molecule has 1 spiro atoms. The average molecular weight is 642 g/mol. The lowest BCUT2D eigenvalue weighted by molar-refractivity contribution is 0.724. The maximum atomic E-state index is 2.48. The maximum Gasteiger partial charge on any atom is 0.0735 e. The molecule has 8 aromatic rings. The highest BCUT2D eigenvalue weighted by atomic mass is 32.2. The third-order valence-electron chi connectivity index (χ3n) is 10.3. The minimum Gasteiger partial charge on any atom is -0.310 e. The molecule has 0 saturated carbocycles. The van der Waals surface area contributed by atoms with E-state index in [4.69, 9.17) is 0 Å². The van der Waals surface area contributed by atoms with Crippen LogP contribution in [0.4, 0.5) is 17.1 Å². The summed E-state index contributed by atoms with van der Waals surface area (Å²) in [5.41, 5.74) is 13.6. The highest BCUT2D eigenvalue weighted by Crippen LogP contribution is 2.62. The quantitative estimate of drug-likeness (QED) is 0.188. The largest absolute Gasteiger partial charge is 0.310 e. The minimum absolute atomic E-state index is 0.388. The summed E-state index contributed by atoms with van der Waals surface area (Å²) in [7, 11) is 0. The first-order chi connectivity index (χ1) is 24.3. The van der Waals surface area contributed by atoms with Gasteiger partial charge in [0.05, 0.1) is 11.1 Å². The number of fused-ring (bicyclic) bond motifs is 10. The molecule has 0 N–H and O–H groups in total. The van der Waals surface area contributed by atoms with Gasteiger partial charge in [0.25, 0.3) is 0 Å². The van der Waals surface area contributed by atoms with E-state index in [9.17, 15) is 0 Å². The Kier molecular flexibility index (Phi) is 6.40. The van der Waals surface area contributed by atoms with Gasteiger partial charge in [0, 0.05) is 26.6 Å². The average Bonchev–Trinajstić information content (AvgIpc) is 3.46. The van der Waals surface area contributed by atoms with Crippen LogP contribution in [-0.4, -0.2) is 0 Å². The van der Waals surface area contributed by atoms with E-state index in [2.05, 4.69) is 193 Å². The fourth-order valence-corrected chi connectivity index (χ4v) is 9.46. The van der Waals surface area contributed by atoms with Crippen LogP contribution in [0.2, 0.25) is 0 Å². The molecular weight excluding hydrogens is 611 g/mol. The number of para-hydroxylation sites is 1. The van der Waals surface area contributed by atoms with Gasteiger partial charge in [-0.25, -0.2) is 0 Å².